The first-order valence-electron chi connectivity index (χ1n) is 7.18. The van der Waals surface area contributed by atoms with Crippen LogP contribution in [0, 0.1) is 5.92 Å². The Hall–Kier alpha value is -0.250. The predicted octanol–water partition coefficient (Wildman–Crippen LogP) is 0.387. The van der Waals surface area contributed by atoms with E-state index in [-0.39, 0.29) is 11.7 Å². The second kappa shape index (κ2) is 13.4. The highest BCUT2D eigenvalue weighted by atomic mass is 32.2. The number of methoxy groups -OCH3 is 1. The van der Waals surface area contributed by atoms with Gasteiger partial charge in [-0.05, 0) is 18.8 Å². The van der Waals surface area contributed by atoms with Crippen LogP contribution in [0.15, 0.2) is 0 Å². The van der Waals surface area contributed by atoms with Gasteiger partial charge in [0, 0.05) is 13.7 Å². The van der Waals surface area contributed by atoms with Crippen LogP contribution in [0.25, 0.3) is 0 Å². The molecule has 0 amide bonds. The van der Waals surface area contributed by atoms with Gasteiger partial charge in [-0.3, -0.25) is 0 Å². The van der Waals surface area contributed by atoms with E-state index in [0.717, 1.165) is 6.42 Å². The van der Waals surface area contributed by atoms with Crippen molar-refractivity contribution in [3.8, 4) is 0 Å². The van der Waals surface area contributed by atoms with Crippen molar-refractivity contribution in [2.75, 3.05) is 59.1 Å². The Morgan fingerprint density at radius 1 is 0.857 bits per heavy atom. The van der Waals surface area contributed by atoms with Crippen LogP contribution < -0.4 is 5.14 Å². The Morgan fingerprint density at radius 2 is 1.33 bits per heavy atom. The smallest absolute Gasteiger partial charge is 0.209 e. The zero-order chi connectivity index (χ0) is 16.0. The van der Waals surface area contributed by atoms with Crippen molar-refractivity contribution in [3.05, 3.63) is 0 Å². The second-order valence-electron chi connectivity index (χ2n) is 4.88. The van der Waals surface area contributed by atoms with E-state index in [1.165, 1.54) is 0 Å². The van der Waals surface area contributed by atoms with Gasteiger partial charge < -0.3 is 18.9 Å². The van der Waals surface area contributed by atoms with E-state index in [0.29, 0.717) is 52.7 Å². The van der Waals surface area contributed by atoms with Gasteiger partial charge >= 0.3 is 0 Å². The largest absolute Gasteiger partial charge is 0.382 e. The third-order valence-corrected chi connectivity index (χ3v) is 3.63. The van der Waals surface area contributed by atoms with Gasteiger partial charge in [0.15, 0.2) is 0 Å². The fraction of sp³-hybridized carbons (Fsp3) is 1.00. The minimum atomic E-state index is -3.35. The molecule has 1 atom stereocenters. The number of primary sulfonamides is 1. The van der Waals surface area contributed by atoms with Gasteiger partial charge in [0.1, 0.15) is 0 Å². The number of sulfonamides is 1. The molecular formula is C13H29NO6S. The fourth-order valence-corrected chi connectivity index (χ4v) is 2.21. The number of hydrogen-bond acceptors (Lipinski definition) is 6. The molecule has 128 valence electrons. The van der Waals surface area contributed by atoms with Gasteiger partial charge in [0.2, 0.25) is 10.0 Å². The molecule has 2 N–H and O–H groups in total. The summed E-state index contributed by atoms with van der Waals surface area (Å²) in [5, 5.41) is 4.95. The van der Waals surface area contributed by atoms with E-state index in [1.807, 2.05) is 6.92 Å². The third kappa shape index (κ3) is 17.7. The van der Waals surface area contributed by atoms with E-state index in [1.54, 1.807) is 7.11 Å². The Balaban J connectivity index is 3.21. The topological polar surface area (TPSA) is 97.1 Å². The summed E-state index contributed by atoms with van der Waals surface area (Å²) in [6, 6.07) is 0. The van der Waals surface area contributed by atoms with Crippen LogP contribution >= 0.6 is 0 Å². The lowest BCUT2D eigenvalue weighted by atomic mass is 10.1. The molecule has 0 bridgehead atoms. The molecule has 0 rings (SSSR count). The average molecular weight is 327 g/mol. The van der Waals surface area contributed by atoms with Gasteiger partial charge in [-0.15, -0.1) is 0 Å². The number of hydrogen-bond donors (Lipinski definition) is 1. The van der Waals surface area contributed by atoms with E-state index < -0.39 is 10.0 Å². The van der Waals surface area contributed by atoms with Gasteiger partial charge in [-0.25, -0.2) is 13.6 Å². The predicted molar refractivity (Wildman–Crippen MR) is 80.7 cm³/mol. The molecule has 0 fully saturated rings. The highest BCUT2D eigenvalue weighted by Gasteiger charge is 2.08. The summed E-state index contributed by atoms with van der Waals surface area (Å²) in [6.45, 7) is 5.90. The van der Waals surface area contributed by atoms with Crippen LogP contribution in [-0.4, -0.2) is 67.5 Å². The first-order chi connectivity index (χ1) is 9.95. The standard InChI is InChI=1S/C13H29NO6S/c1-13(4-12-21(14,15)16)3-5-18-8-9-20-11-10-19-7-6-17-2/h13H,3-12H2,1-2H3,(H2,14,15,16). The minimum Gasteiger partial charge on any atom is -0.382 e. The highest BCUT2D eigenvalue weighted by Crippen LogP contribution is 2.08. The molecule has 0 aromatic carbocycles. The lowest BCUT2D eigenvalue weighted by Crippen LogP contribution is -2.18. The highest BCUT2D eigenvalue weighted by molar-refractivity contribution is 7.89. The molecule has 0 aliphatic heterocycles. The maximum Gasteiger partial charge on any atom is 0.209 e. The normalized spacial score (nSPS) is 13.5. The van der Waals surface area contributed by atoms with Crippen LogP contribution in [0.1, 0.15) is 19.8 Å². The number of ether oxygens (including phenoxy) is 4. The van der Waals surface area contributed by atoms with Crippen molar-refractivity contribution in [3.63, 3.8) is 0 Å². The molecule has 0 saturated heterocycles. The first-order valence-corrected chi connectivity index (χ1v) is 8.90. The molecule has 1 unspecified atom stereocenters. The molecule has 0 saturated carbocycles. The van der Waals surface area contributed by atoms with Gasteiger partial charge in [-0.1, -0.05) is 6.92 Å². The minimum absolute atomic E-state index is 0.0281. The summed E-state index contributed by atoms with van der Waals surface area (Å²) < 4.78 is 42.4. The zero-order valence-electron chi connectivity index (χ0n) is 13.1. The summed E-state index contributed by atoms with van der Waals surface area (Å²) in [5.74, 6) is 0.304. The van der Waals surface area contributed by atoms with Gasteiger partial charge in [0.25, 0.3) is 0 Å². The number of rotatable bonds is 15. The Labute approximate surface area is 128 Å². The summed E-state index contributed by atoms with van der Waals surface area (Å²) in [5.41, 5.74) is 0. The van der Waals surface area contributed by atoms with Crippen molar-refractivity contribution in [2.45, 2.75) is 19.8 Å². The van der Waals surface area contributed by atoms with E-state index in [9.17, 15) is 8.42 Å². The van der Waals surface area contributed by atoms with Crippen LogP contribution in [0.4, 0.5) is 0 Å². The summed E-state index contributed by atoms with van der Waals surface area (Å²) >= 11 is 0. The maximum absolute atomic E-state index is 10.8. The Bertz CT molecular complexity index is 323. The molecule has 7 nitrogen and oxygen atoms in total. The summed E-state index contributed by atoms with van der Waals surface area (Å²) in [6.07, 6.45) is 1.38. The van der Waals surface area contributed by atoms with Crippen LogP contribution in [-0.2, 0) is 29.0 Å². The van der Waals surface area contributed by atoms with Crippen LogP contribution in [0.3, 0.4) is 0 Å². The van der Waals surface area contributed by atoms with E-state index in [2.05, 4.69) is 0 Å². The second-order valence-corrected chi connectivity index (χ2v) is 6.61. The summed E-state index contributed by atoms with van der Waals surface area (Å²) in [7, 11) is -1.72. The first kappa shape index (κ1) is 20.8. The fourth-order valence-electron chi connectivity index (χ4n) is 1.48. The van der Waals surface area contributed by atoms with Crippen molar-refractivity contribution in [2.24, 2.45) is 11.1 Å². The molecule has 0 aliphatic rings. The zero-order valence-corrected chi connectivity index (χ0v) is 13.9. The van der Waals surface area contributed by atoms with E-state index in [4.69, 9.17) is 24.1 Å². The molecule has 8 heteroatoms. The quantitative estimate of drug-likeness (QED) is 0.437. The molecule has 0 aromatic heterocycles. The van der Waals surface area contributed by atoms with Crippen molar-refractivity contribution in [1.82, 2.24) is 0 Å². The molecule has 0 radical (unpaired) electrons. The monoisotopic (exact) mass is 327 g/mol. The number of nitrogens with two attached hydrogens (primary N) is 1. The summed E-state index contributed by atoms with van der Waals surface area (Å²) in [4.78, 5) is 0. The lowest BCUT2D eigenvalue weighted by Gasteiger charge is -2.11. The molecule has 0 aromatic rings. The Kier molecular flexibility index (Phi) is 13.3. The maximum atomic E-state index is 10.8. The van der Waals surface area contributed by atoms with Crippen LogP contribution in [0.2, 0.25) is 0 Å². The van der Waals surface area contributed by atoms with Crippen LogP contribution in [0.5, 0.6) is 0 Å². The third-order valence-electron chi connectivity index (χ3n) is 2.83. The lowest BCUT2D eigenvalue weighted by molar-refractivity contribution is 0.00230. The Morgan fingerprint density at radius 3 is 1.81 bits per heavy atom. The molecular weight excluding hydrogens is 298 g/mol. The van der Waals surface area contributed by atoms with Crippen molar-refractivity contribution < 1.29 is 27.4 Å². The SMILES string of the molecule is COCCOCCOCCOCCC(C)CCS(N)(=O)=O. The van der Waals surface area contributed by atoms with Gasteiger partial charge in [0.05, 0.1) is 45.4 Å². The van der Waals surface area contributed by atoms with E-state index >= 15 is 0 Å². The van der Waals surface area contributed by atoms with Crippen molar-refractivity contribution >= 4 is 10.0 Å². The van der Waals surface area contributed by atoms with Gasteiger partial charge in [-0.2, -0.15) is 0 Å². The molecule has 0 spiro atoms. The van der Waals surface area contributed by atoms with Crippen molar-refractivity contribution in [1.29, 1.82) is 0 Å². The average Bonchev–Trinajstić information content (AvgIpc) is 2.42. The molecule has 0 aliphatic carbocycles. The molecule has 0 heterocycles. The molecule has 21 heavy (non-hydrogen) atoms.